The minimum absolute atomic E-state index is 0. The van der Waals surface area contributed by atoms with E-state index in [0.29, 0.717) is 0 Å². The molecule has 0 heterocycles. The van der Waals surface area contributed by atoms with Gasteiger partial charge in [0, 0.05) is 0 Å². The first kappa shape index (κ1) is 17.7. The fourth-order valence-electron chi connectivity index (χ4n) is 0. The average Bonchev–Trinajstić information content (AvgIpc) is 0.918. The van der Waals surface area contributed by atoms with Crippen LogP contribution in [0.2, 0.25) is 0 Å². The first-order valence-electron chi connectivity index (χ1n) is 0.512. The second-order valence-electron chi connectivity index (χ2n) is 0.129. The molecule has 0 aromatic heterocycles. The van der Waals surface area contributed by atoms with Gasteiger partial charge in [0.05, 0.1) is 0 Å². The molecule has 0 atom stereocenters. The van der Waals surface area contributed by atoms with Gasteiger partial charge in [-0.05, 0) is 0 Å². The summed E-state index contributed by atoms with van der Waals surface area (Å²) < 4.78 is 0. The Morgan fingerprint density at radius 2 is 1.60 bits per heavy atom. The Hall–Kier alpha value is 0.550. The molecule has 0 saturated carbocycles. The average molecular weight is 100 g/mol. The molecule has 0 aliphatic carbocycles. The molecule has 3 heteroatoms. The third-order valence-corrected chi connectivity index (χ3v) is 0. The van der Waals surface area contributed by atoms with Crippen LogP contribution in [0.25, 0.3) is 0 Å². The number of nitriles is 1. The van der Waals surface area contributed by atoms with Gasteiger partial charge in [-0.1, -0.05) is 7.43 Å². The maximum absolute atomic E-state index is 7.10. The zero-order valence-corrected chi connectivity index (χ0v) is 1.52. The van der Waals surface area contributed by atoms with Crippen LogP contribution in [-0.2, 0) is 0 Å². The van der Waals surface area contributed by atoms with E-state index in [1.165, 1.54) is 6.19 Å². The third-order valence-electron chi connectivity index (χ3n) is 0. The van der Waals surface area contributed by atoms with Gasteiger partial charge in [-0.15, -0.1) is 0 Å². The summed E-state index contributed by atoms with van der Waals surface area (Å²) in [4.78, 5) is 0. The van der Waals surface area contributed by atoms with Crippen molar-refractivity contribution in [3.05, 3.63) is 0 Å². The Morgan fingerprint density at radius 3 is 1.60 bits per heavy atom. The Kier molecular flexibility index (Phi) is 84.4. The Balaban J connectivity index is -0.0000000200. The summed E-state index contributed by atoms with van der Waals surface area (Å²) in [7, 11) is 0. The standard InChI is InChI=1S/CH2N2.CH4.Ca.2H/c2-1-3;;;;/h2H2;1H4;;;. The molecule has 0 aliphatic heterocycles. The predicted molar refractivity (Wildman–Crippen MR) is 25.1 cm³/mol. The summed E-state index contributed by atoms with van der Waals surface area (Å²) in [6.45, 7) is 0. The van der Waals surface area contributed by atoms with Crippen molar-refractivity contribution in [1.29, 1.82) is 5.26 Å². The van der Waals surface area contributed by atoms with Crippen LogP contribution in [0.1, 0.15) is 7.43 Å². The van der Waals surface area contributed by atoms with Crippen molar-refractivity contribution in [2.45, 2.75) is 7.43 Å². The maximum atomic E-state index is 7.10. The Morgan fingerprint density at radius 1 is 1.60 bits per heavy atom. The van der Waals surface area contributed by atoms with Crippen LogP contribution in [0.4, 0.5) is 0 Å². The quantitative estimate of drug-likeness (QED) is 0.245. The first-order chi connectivity index (χ1) is 1.41. The number of hydrogen-bond donors (Lipinski definition) is 1. The van der Waals surface area contributed by atoms with Crippen molar-refractivity contribution in [2.24, 2.45) is 5.73 Å². The van der Waals surface area contributed by atoms with Crippen molar-refractivity contribution >= 4 is 37.7 Å². The van der Waals surface area contributed by atoms with Crippen LogP contribution < -0.4 is 5.73 Å². The second kappa shape index (κ2) is 23.9. The molecular weight excluding hydrogens is 92.1 g/mol. The summed E-state index contributed by atoms with van der Waals surface area (Å²) in [6, 6.07) is 0. The predicted octanol–water partition coefficient (Wildman–Crippen LogP) is -0.854. The molecule has 0 saturated heterocycles. The van der Waals surface area contributed by atoms with Crippen molar-refractivity contribution < 1.29 is 0 Å². The van der Waals surface area contributed by atoms with Crippen LogP contribution in [-0.4, -0.2) is 37.7 Å². The fourth-order valence-corrected chi connectivity index (χ4v) is 0. The van der Waals surface area contributed by atoms with Gasteiger partial charge in [-0.25, -0.2) is 0 Å². The Labute approximate surface area is 62.0 Å². The van der Waals surface area contributed by atoms with E-state index in [0.717, 1.165) is 0 Å². The van der Waals surface area contributed by atoms with Crippen molar-refractivity contribution in [2.75, 3.05) is 0 Å². The van der Waals surface area contributed by atoms with Gasteiger partial charge in [-0.3, -0.25) is 0 Å². The van der Waals surface area contributed by atoms with E-state index >= 15 is 0 Å². The summed E-state index contributed by atoms with van der Waals surface area (Å²) in [5.74, 6) is 0. The first-order valence-corrected chi connectivity index (χ1v) is 0.512. The second-order valence-corrected chi connectivity index (χ2v) is 0.129. The molecule has 0 spiro atoms. The van der Waals surface area contributed by atoms with Crippen molar-refractivity contribution in [1.82, 2.24) is 0 Å². The number of hydrogen-bond acceptors (Lipinski definition) is 2. The molecule has 0 radical (unpaired) electrons. The van der Waals surface area contributed by atoms with Gasteiger partial charge >= 0.3 is 37.7 Å². The fraction of sp³-hybridized carbons (Fsp3) is 0.500. The normalized spacial score (nSPS) is 1.40. The molecule has 2 N–H and O–H groups in total. The number of rotatable bonds is 0. The van der Waals surface area contributed by atoms with Crippen molar-refractivity contribution in [3.63, 3.8) is 0 Å². The number of nitrogens with zero attached hydrogens (tertiary/aromatic N) is 1. The van der Waals surface area contributed by atoms with Gasteiger partial charge < -0.3 is 5.73 Å². The van der Waals surface area contributed by atoms with Gasteiger partial charge in [0.1, 0.15) is 0 Å². The third kappa shape index (κ3) is 97.9. The molecule has 0 aromatic carbocycles. The van der Waals surface area contributed by atoms with Gasteiger partial charge in [0.2, 0.25) is 0 Å². The zero-order chi connectivity index (χ0) is 2.71. The summed E-state index contributed by atoms with van der Waals surface area (Å²) >= 11 is 0. The van der Waals surface area contributed by atoms with Gasteiger partial charge in [0.15, 0.2) is 6.19 Å². The molecule has 0 rings (SSSR count). The van der Waals surface area contributed by atoms with Crippen LogP contribution >= 0.6 is 0 Å². The monoisotopic (exact) mass is 100 g/mol. The van der Waals surface area contributed by atoms with Crippen LogP contribution in [0.3, 0.4) is 0 Å². The molecule has 0 aliphatic rings. The van der Waals surface area contributed by atoms with Crippen LogP contribution in [0.5, 0.6) is 0 Å². The summed E-state index contributed by atoms with van der Waals surface area (Å²) in [6.07, 6.45) is 1.25. The SMILES string of the molecule is C.N#CN.[CaH2]. The van der Waals surface area contributed by atoms with E-state index in [2.05, 4.69) is 5.73 Å². The molecule has 5 heavy (non-hydrogen) atoms. The van der Waals surface area contributed by atoms with E-state index in [4.69, 9.17) is 5.26 Å². The summed E-state index contributed by atoms with van der Waals surface area (Å²) in [5, 5.41) is 7.10. The molecule has 0 unspecified atom stereocenters. The van der Waals surface area contributed by atoms with Gasteiger partial charge in [0.25, 0.3) is 0 Å². The van der Waals surface area contributed by atoms with Crippen LogP contribution in [0, 0.1) is 11.5 Å². The van der Waals surface area contributed by atoms with E-state index in [1.54, 1.807) is 0 Å². The topological polar surface area (TPSA) is 49.8 Å². The molecule has 2 nitrogen and oxygen atoms in total. The molecule has 0 fully saturated rings. The molecule has 0 bridgehead atoms. The number of nitrogens with two attached hydrogens (primary N) is 1. The van der Waals surface area contributed by atoms with Gasteiger partial charge in [-0.2, -0.15) is 5.26 Å². The van der Waals surface area contributed by atoms with E-state index in [1.807, 2.05) is 0 Å². The molecular formula is C2H8CaN2. The Bertz CT molecular complexity index is 29.1. The van der Waals surface area contributed by atoms with Crippen molar-refractivity contribution in [3.8, 4) is 6.19 Å². The van der Waals surface area contributed by atoms with Crippen LogP contribution in [0.15, 0.2) is 0 Å². The van der Waals surface area contributed by atoms with E-state index in [-0.39, 0.29) is 45.2 Å². The van der Waals surface area contributed by atoms with E-state index < -0.39 is 0 Å². The molecule has 28 valence electrons. The minimum atomic E-state index is 0. The zero-order valence-electron chi connectivity index (χ0n) is 1.52. The molecule has 0 amide bonds. The summed E-state index contributed by atoms with van der Waals surface area (Å²) in [5.41, 5.74) is 4.15. The molecule has 0 aromatic rings. The van der Waals surface area contributed by atoms with E-state index in [9.17, 15) is 0 Å².